The second-order valence-electron chi connectivity index (χ2n) is 9.56. The van der Waals surface area contributed by atoms with Gasteiger partial charge in [0, 0.05) is 42.3 Å². The second kappa shape index (κ2) is 8.78. The summed E-state index contributed by atoms with van der Waals surface area (Å²) in [5.74, 6) is 1.66. The molecule has 176 valence electrons. The van der Waals surface area contributed by atoms with E-state index in [2.05, 4.69) is 28.9 Å². The number of nitrogens with zero attached hydrogens (tertiary/aromatic N) is 2. The Hall–Kier alpha value is -2.35. The van der Waals surface area contributed by atoms with Crippen molar-refractivity contribution in [2.24, 2.45) is 5.92 Å². The molecule has 33 heavy (non-hydrogen) atoms. The number of H-pyrrole nitrogens is 1. The molecule has 1 N–H and O–H groups in total. The average Bonchev–Trinajstić information content (AvgIpc) is 3.12. The number of ether oxygens (including phenoxy) is 1. The topological polar surface area (TPSA) is 65.6 Å². The SMILES string of the molecule is CCC1CN(CCOc2ccc([C@H]3c4[nH]c5ccccc5c4C[C@@H](C)N3S(C)(=O)=O)cc2)C1. The molecule has 0 amide bonds. The number of hydrogen-bond acceptors (Lipinski definition) is 4. The summed E-state index contributed by atoms with van der Waals surface area (Å²) in [6.07, 6.45) is 3.25. The van der Waals surface area contributed by atoms with Crippen LogP contribution in [0.3, 0.4) is 0 Å². The lowest BCUT2D eigenvalue weighted by molar-refractivity contribution is 0.0806. The Morgan fingerprint density at radius 3 is 2.52 bits per heavy atom. The molecule has 0 radical (unpaired) electrons. The molecule has 0 aliphatic carbocycles. The maximum atomic E-state index is 12.8. The Labute approximate surface area is 196 Å². The van der Waals surface area contributed by atoms with Crippen LogP contribution in [0.25, 0.3) is 10.9 Å². The number of aromatic nitrogens is 1. The van der Waals surface area contributed by atoms with Gasteiger partial charge in [0.1, 0.15) is 12.4 Å². The van der Waals surface area contributed by atoms with Gasteiger partial charge >= 0.3 is 0 Å². The first kappa shape index (κ1) is 22.4. The van der Waals surface area contributed by atoms with Crippen molar-refractivity contribution in [3.05, 3.63) is 65.4 Å². The van der Waals surface area contributed by atoms with Crippen LogP contribution in [0.4, 0.5) is 0 Å². The summed E-state index contributed by atoms with van der Waals surface area (Å²) in [5.41, 5.74) is 4.17. The van der Waals surface area contributed by atoms with Gasteiger partial charge in [-0.2, -0.15) is 4.31 Å². The van der Waals surface area contributed by atoms with Crippen LogP contribution >= 0.6 is 0 Å². The van der Waals surface area contributed by atoms with Crippen molar-refractivity contribution in [1.82, 2.24) is 14.2 Å². The predicted molar refractivity (Wildman–Crippen MR) is 132 cm³/mol. The summed E-state index contributed by atoms with van der Waals surface area (Å²) in [5, 5.41) is 1.17. The van der Waals surface area contributed by atoms with Crippen LogP contribution in [0, 0.1) is 5.92 Å². The number of nitrogens with one attached hydrogen (secondary N) is 1. The fourth-order valence-electron chi connectivity index (χ4n) is 5.43. The largest absolute Gasteiger partial charge is 0.492 e. The van der Waals surface area contributed by atoms with Crippen molar-refractivity contribution in [3.63, 3.8) is 0 Å². The first-order chi connectivity index (χ1) is 15.8. The molecule has 7 heteroatoms. The molecular formula is C26H33N3O3S. The van der Waals surface area contributed by atoms with E-state index >= 15 is 0 Å². The van der Waals surface area contributed by atoms with Crippen LogP contribution in [0.1, 0.15) is 43.1 Å². The Morgan fingerprint density at radius 2 is 1.82 bits per heavy atom. The number of rotatable bonds is 7. The first-order valence-electron chi connectivity index (χ1n) is 11.9. The summed E-state index contributed by atoms with van der Waals surface area (Å²) in [7, 11) is -3.41. The fraction of sp³-hybridized carbons (Fsp3) is 0.462. The summed E-state index contributed by atoms with van der Waals surface area (Å²) in [6.45, 7) is 8.20. The molecule has 2 aliphatic heterocycles. The van der Waals surface area contributed by atoms with Gasteiger partial charge in [-0.25, -0.2) is 8.42 Å². The van der Waals surface area contributed by atoms with E-state index in [1.54, 1.807) is 4.31 Å². The van der Waals surface area contributed by atoms with Gasteiger partial charge in [0.05, 0.1) is 12.3 Å². The highest BCUT2D eigenvalue weighted by Gasteiger charge is 2.40. The van der Waals surface area contributed by atoms with Crippen molar-refractivity contribution in [2.45, 2.75) is 38.8 Å². The Morgan fingerprint density at radius 1 is 1.09 bits per heavy atom. The molecule has 2 aromatic carbocycles. The Bertz CT molecular complexity index is 1230. The number of sulfonamides is 1. The number of likely N-dealkylation sites (tertiary alicyclic amines) is 1. The summed E-state index contributed by atoms with van der Waals surface area (Å²) in [4.78, 5) is 5.95. The van der Waals surface area contributed by atoms with Crippen molar-refractivity contribution in [2.75, 3.05) is 32.5 Å². The third-order valence-corrected chi connectivity index (χ3v) is 8.51. The number of aromatic amines is 1. The van der Waals surface area contributed by atoms with Crippen molar-refractivity contribution in [1.29, 1.82) is 0 Å². The molecule has 0 saturated carbocycles. The summed E-state index contributed by atoms with van der Waals surface area (Å²) >= 11 is 0. The van der Waals surface area contributed by atoms with Gasteiger partial charge in [-0.15, -0.1) is 0 Å². The van der Waals surface area contributed by atoms with Gasteiger partial charge in [0.15, 0.2) is 0 Å². The highest BCUT2D eigenvalue weighted by Crippen LogP contribution is 2.42. The zero-order chi connectivity index (χ0) is 23.2. The van der Waals surface area contributed by atoms with Gasteiger partial charge in [0.2, 0.25) is 10.0 Å². The molecule has 3 aromatic rings. The number of para-hydroxylation sites is 1. The fourth-order valence-corrected chi connectivity index (χ4v) is 6.77. The minimum Gasteiger partial charge on any atom is -0.492 e. The van der Waals surface area contributed by atoms with Crippen LogP contribution < -0.4 is 4.74 Å². The molecule has 3 heterocycles. The van der Waals surface area contributed by atoms with E-state index in [0.29, 0.717) is 13.0 Å². The molecule has 6 nitrogen and oxygen atoms in total. The lowest BCUT2D eigenvalue weighted by Gasteiger charge is -2.39. The third-order valence-electron chi connectivity index (χ3n) is 7.17. The molecule has 0 spiro atoms. The molecule has 2 aliphatic rings. The van der Waals surface area contributed by atoms with E-state index in [9.17, 15) is 8.42 Å². The van der Waals surface area contributed by atoms with Crippen LogP contribution in [0.15, 0.2) is 48.5 Å². The first-order valence-corrected chi connectivity index (χ1v) is 13.7. The van der Waals surface area contributed by atoms with E-state index in [-0.39, 0.29) is 12.1 Å². The number of fused-ring (bicyclic) bond motifs is 3. The van der Waals surface area contributed by atoms with E-state index in [1.807, 2.05) is 43.3 Å². The molecule has 2 atom stereocenters. The minimum absolute atomic E-state index is 0.129. The van der Waals surface area contributed by atoms with Crippen molar-refractivity contribution in [3.8, 4) is 5.75 Å². The monoisotopic (exact) mass is 467 g/mol. The van der Waals surface area contributed by atoms with E-state index < -0.39 is 10.0 Å². The van der Waals surface area contributed by atoms with Gasteiger partial charge in [-0.3, -0.25) is 4.90 Å². The van der Waals surface area contributed by atoms with Gasteiger partial charge in [-0.1, -0.05) is 43.7 Å². The summed E-state index contributed by atoms with van der Waals surface area (Å²) < 4.78 is 33.3. The lowest BCUT2D eigenvalue weighted by atomic mass is 9.91. The van der Waals surface area contributed by atoms with Gasteiger partial charge in [-0.05, 0) is 48.6 Å². The Balaban J connectivity index is 1.40. The zero-order valence-corrected chi connectivity index (χ0v) is 20.4. The van der Waals surface area contributed by atoms with Crippen LogP contribution in [0.2, 0.25) is 0 Å². The van der Waals surface area contributed by atoms with Crippen LogP contribution in [-0.2, 0) is 16.4 Å². The third kappa shape index (κ3) is 4.29. The smallest absolute Gasteiger partial charge is 0.212 e. The van der Waals surface area contributed by atoms with Gasteiger partial charge in [0.25, 0.3) is 0 Å². The van der Waals surface area contributed by atoms with E-state index in [0.717, 1.165) is 35.0 Å². The molecule has 0 unspecified atom stereocenters. The van der Waals surface area contributed by atoms with Crippen LogP contribution in [-0.4, -0.2) is 61.1 Å². The quantitative estimate of drug-likeness (QED) is 0.566. The molecule has 1 aromatic heterocycles. The highest BCUT2D eigenvalue weighted by molar-refractivity contribution is 7.88. The number of benzene rings is 2. The van der Waals surface area contributed by atoms with Crippen molar-refractivity contribution >= 4 is 20.9 Å². The molecule has 1 fully saturated rings. The molecular weight excluding hydrogens is 434 g/mol. The van der Waals surface area contributed by atoms with E-state index in [1.165, 1.54) is 36.7 Å². The zero-order valence-electron chi connectivity index (χ0n) is 19.6. The summed E-state index contributed by atoms with van der Waals surface area (Å²) in [6, 6.07) is 15.6. The molecule has 0 bridgehead atoms. The average molecular weight is 468 g/mol. The lowest BCUT2D eigenvalue weighted by Crippen LogP contribution is -2.47. The maximum Gasteiger partial charge on any atom is 0.212 e. The van der Waals surface area contributed by atoms with Gasteiger partial charge < -0.3 is 9.72 Å². The Kier molecular flexibility index (Phi) is 5.97. The number of hydrogen-bond donors (Lipinski definition) is 1. The maximum absolute atomic E-state index is 12.8. The molecule has 5 rings (SSSR count). The second-order valence-corrected chi connectivity index (χ2v) is 11.5. The van der Waals surface area contributed by atoms with Crippen molar-refractivity contribution < 1.29 is 13.2 Å². The highest BCUT2D eigenvalue weighted by atomic mass is 32.2. The minimum atomic E-state index is -3.41. The van der Waals surface area contributed by atoms with Crippen LogP contribution in [0.5, 0.6) is 5.75 Å². The normalized spacial score (nSPS) is 22.3. The standard InChI is InChI=1S/C26H33N3O3S/c1-4-19-16-28(17-19)13-14-32-21-11-9-20(10-12-21)26-25-23(15-18(2)29(26)33(3,30)31)22-7-5-6-8-24(22)27-25/h5-12,18-19,26-27H,4,13-17H2,1-3H3/t18-,26+/m1/s1. The predicted octanol–water partition coefficient (Wildman–Crippen LogP) is 4.18. The van der Waals surface area contributed by atoms with E-state index in [4.69, 9.17) is 4.74 Å². The molecule has 1 saturated heterocycles.